The van der Waals surface area contributed by atoms with Gasteiger partial charge in [0.15, 0.2) is 5.78 Å². The quantitative estimate of drug-likeness (QED) is 0.465. The summed E-state index contributed by atoms with van der Waals surface area (Å²) in [6.07, 6.45) is 6.52. The third kappa shape index (κ3) is 4.57. The number of allylic oxidation sites excluding steroid dienone is 1. The summed E-state index contributed by atoms with van der Waals surface area (Å²) in [5.74, 6) is 1.45. The van der Waals surface area contributed by atoms with Gasteiger partial charge < -0.3 is 9.47 Å². The SMILES string of the molecule is COc1ccc(/C=C/C(=O)c2cccnc2)cc1COc1ccccc1. The zero-order valence-corrected chi connectivity index (χ0v) is 14.5. The fraction of sp³-hybridized carbons (Fsp3) is 0.0909. The second-order valence-corrected chi connectivity index (χ2v) is 5.61. The largest absolute Gasteiger partial charge is 0.496 e. The molecule has 1 heterocycles. The summed E-state index contributed by atoms with van der Waals surface area (Å²) in [5.41, 5.74) is 2.37. The van der Waals surface area contributed by atoms with Crippen molar-refractivity contribution in [3.05, 3.63) is 95.8 Å². The van der Waals surface area contributed by atoms with Crippen LogP contribution in [0.2, 0.25) is 0 Å². The fourth-order valence-electron chi connectivity index (χ4n) is 2.47. The molecule has 26 heavy (non-hydrogen) atoms. The van der Waals surface area contributed by atoms with E-state index in [0.29, 0.717) is 12.2 Å². The van der Waals surface area contributed by atoms with E-state index in [1.807, 2.05) is 48.5 Å². The number of nitrogens with zero attached hydrogens (tertiary/aromatic N) is 1. The van der Waals surface area contributed by atoms with Crippen molar-refractivity contribution in [2.45, 2.75) is 6.61 Å². The van der Waals surface area contributed by atoms with Crippen molar-refractivity contribution in [1.29, 1.82) is 0 Å². The number of rotatable bonds is 7. The molecular weight excluding hydrogens is 326 g/mol. The van der Waals surface area contributed by atoms with Gasteiger partial charge in [0.25, 0.3) is 0 Å². The zero-order valence-electron chi connectivity index (χ0n) is 14.5. The van der Waals surface area contributed by atoms with Gasteiger partial charge in [-0.1, -0.05) is 30.3 Å². The lowest BCUT2D eigenvalue weighted by Crippen LogP contribution is -1.99. The van der Waals surface area contributed by atoms with Gasteiger partial charge in [0.05, 0.1) is 7.11 Å². The van der Waals surface area contributed by atoms with Crippen LogP contribution >= 0.6 is 0 Å². The van der Waals surface area contributed by atoms with Crippen molar-refractivity contribution in [1.82, 2.24) is 4.98 Å². The van der Waals surface area contributed by atoms with E-state index in [1.165, 1.54) is 0 Å². The second kappa shape index (κ2) is 8.62. The summed E-state index contributed by atoms with van der Waals surface area (Å²) in [5, 5.41) is 0. The molecule has 0 radical (unpaired) electrons. The van der Waals surface area contributed by atoms with E-state index in [0.717, 1.165) is 22.6 Å². The van der Waals surface area contributed by atoms with Crippen LogP contribution in [0.5, 0.6) is 11.5 Å². The van der Waals surface area contributed by atoms with Crippen molar-refractivity contribution in [3.63, 3.8) is 0 Å². The van der Waals surface area contributed by atoms with Crippen LogP contribution in [0.4, 0.5) is 0 Å². The molecule has 130 valence electrons. The first-order valence-corrected chi connectivity index (χ1v) is 8.23. The Hall–Kier alpha value is -3.40. The minimum Gasteiger partial charge on any atom is -0.496 e. The maximum Gasteiger partial charge on any atom is 0.187 e. The highest BCUT2D eigenvalue weighted by molar-refractivity contribution is 6.06. The van der Waals surface area contributed by atoms with Crippen LogP contribution in [0.25, 0.3) is 6.08 Å². The van der Waals surface area contributed by atoms with Gasteiger partial charge in [0, 0.05) is 23.5 Å². The van der Waals surface area contributed by atoms with Gasteiger partial charge in [-0.3, -0.25) is 9.78 Å². The van der Waals surface area contributed by atoms with Gasteiger partial charge in [-0.15, -0.1) is 0 Å². The first-order chi connectivity index (χ1) is 12.8. The number of para-hydroxylation sites is 1. The predicted octanol–water partition coefficient (Wildman–Crippen LogP) is 4.57. The molecule has 0 saturated carbocycles. The van der Waals surface area contributed by atoms with Crippen molar-refractivity contribution in [3.8, 4) is 11.5 Å². The van der Waals surface area contributed by atoms with Gasteiger partial charge in [0.2, 0.25) is 0 Å². The molecule has 0 aliphatic carbocycles. The molecule has 4 nitrogen and oxygen atoms in total. The maximum absolute atomic E-state index is 12.2. The summed E-state index contributed by atoms with van der Waals surface area (Å²) in [4.78, 5) is 16.1. The average molecular weight is 345 g/mol. The van der Waals surface area contributed by atoms with Crippen LogP contribution in [0.1, 0.15) is 21.5 Å². The highest BCUT2D eigenvalue weighted by atomic mass is 16.5. The summed E-state index contributed by atoms with van der Waals surface area (Å²) >= 11 is 0. The number of carbonyl (C=O) groups excluding carboxylic acids is 1. The highest BCUT2D eigenvalue weighted by Crippen LogP contribution is 2.23. The van der Waals surface area contributed by atoms with E-state index in [1.54, 1.807) is 43.8 Å². The van der Waals surface area contributed by atoms with Crippen molar-refractivity contribution < 1.29 is 14.3 Å². The molecule has 0 fully saturated rings. The Balaban J connectivity index is 1.74. The van der Waals surface area contributed by atoms with E-state index < -0.39 is 0 Å². The maximum atomic E-state index is 12.2. The standard InChI is InChI=1S/C22H19NO3/c1-25-22-12-10-17(9-11-21(24)18-6-5-13-23-15-18)14-19(22)16-26-20-7-3-2-4-8-20/h2-15H,16H2,1H3/b11-9+. The van der Waals surface area contributed by atoms with Gasteiger partial charge in [0.1, 0.15) is 18.1 Å². The van der Waals surface area contributed by atoms with Gasteiger partial charge in [-0.25, -0.2) is 0 Å². The first-order valence-electron chi connectivity index (χ1n) is 8.23. The predicted molar refractivity (Wildman–Crippen MR) is 101 cm³/mol. The summed E-state index contributed by atoms with van der Waals surface area (Å²) < 4.78 is 11.2. The number of ether oxygens (including phenoxy) is 2. The van der Waals surface area contributed by atoms with E-state index in [9.17, 15) is 4.79 Å². The van der Waals surface area contributed by atoms with Gasteiger partial charge in [-0.05, 0) is 48.0 Å². The fourth-order valence-corrected chi connectivity index (χ4v) is 2.47. The molecule has 0 aliphatic rings. The molecule has 3 aromatic rings. The van der Waals surface area contributed by atoms with E-state index in [2.05, 4.69) is 4.98 Å². The Morgan fingerprint density at radius 3 is 2.65 bits per heavy atom. The lowest BCUT2D eigenvalue weighted by atomic mass is 10.1. The molecule has 3 rings (SSSR count). The summed E-state index contributed by atoms with van der Waals surface area (Å²) in [6.45, 7) is 0.380. The Morgan fingerprint density at radius 1 is 1.08 bits per heavy atom. The lowest BCUT2D eigenvalue weighted by Gasteiger charge is -2.11. The number of hydrogen-bond acceptors (Lipinski definition) is 4. The Labute approximate surface area is 152 Å². The zero-order chi connectivity index (χ0) is 18.2. The minimum atomic E-state index is -0.0870. The molecule has 0 saturated heterocycles. The lowest BCUT2D eigenvalue weighted by molar-refractivity contribution is 0.104. The van der Waals surface area contributed by atoms with Gasteiger partial charge >= 0.3 is 0 Å². The molecule has 1 aromatic heterocycles. The molecule has 0 N–H and O–H groups in total. The van der Waals surface area contributed by atoms with Crippen LogP contribution in [0.3, 0.4) is 0 Å². The number of ketones is 1. The number of pyridine rings is 1. The smallest absolute Gasteiger partial charge is 0.187 e. The summed E-state index contributed by atoms with van der Waals surface area (Å²) in [6, 6.07) is 18.8. The average Bonchev–Trinajstić information content (AvgIpc) is 2.72. The van der Waals surface area contributed by atoms with E-state index >= 15 is 0 Å². The highest BCUT2D eigenvalue weighted by Gasteiger charge is 2.06. The molecule has 0 aliphatic heterocycles. The first kappa shape index (κ1) is 17.4. The van der Waals surface area contributed by atoms with Gasteiger partial charge in [-0.2, -0.15) is 0 Å². The number of methoxy groups -OCH3 is 1. The van der Waals surface area contributed by atoms with Crippen LogP contribution in [-0.2, 0) is 6.61 Å². The van der Waals surface area contributed by atoms with Crippen molar-refractivity contribution >= 4 is 11.9 Å². The van der Waals surface area contributed by atoms with Crippen LogP contribution in [0, 0.1) is 0 Å². The number of aromatic nitrogens is 1. The third-order valence-electron chi connectivity index (χ3n) is 3.82. The molecule has 0 bridgehead atoms. The summed E-state index contributed by atoms with van der Waals surface area (Å²) in [7, 11) is 1.63. The molecule has 0 atom stereocenters. The minimum absolute atomic E-state index is 0.0870. The topological polar surface area (TPSA) is 48.4 Å². The van der Waals surface area contributed by atoms with Crippen LogP contribution in [-0.4, -0.2) is 17.9 Å². The molecule has 0 spiro atoms. The number of hydrogen-bond donors (Lipinski definition) is 0. The Kier molecular flexibility index (Phi) is 5.78. The number of benzene rings is 2. The molecular formula is C22H19NO3. The van der Waals surface area contributed by atoms with Crippen molar-refractivity contribution in [2.75, 3.05) is 7.11 Å². The Bertz CT molecular complexity index is 890. The molecule has 2 aromatic carbocycles. The molecule has 0 unspecified atom stereocenters. The molecule has 4 heteroatoms. The number of carbonyl (C=O) groups is 1. The second-order valence-electron chi connectivity index (χ2n) is 5.61. The normalized spacial score (nSPS) is 10.7. The van der Waals surface area contributed by atoms with Crippen LogP contribution in [0.15, 0.2) is 79.1 Å². The third-order valence-corrected chi connectivity index (χ3v) is 3.82. The molecule has 0 amide bonds. The van der Waals surface area contributed by atoms with E-state index in [-0.39, 0.29) is 5.78 Å². The monoisotopic (exact) mass is 345 g/mol. The van der Waals surface area contributed by atoms with Crippen molar-refractivity contribution in [2.24, 2.45) is 0 Å². The van der Waals surface area contributed by atoms with Crippen LogP contribution < -0.4 is 9.47 Å². The van der Waals surface area contributed by atoms with E-state index in [4.69, 9.17) is 9.47 Å². The Morgan fingerprint density at radius 2 is 1.92 bits per heavy atom.